The van der Waals surface area contributed by atoms with Crippen LogP contribution in [0.15, 0.2) is 0 Å². The van der Waals surface area contributed by atoms with Gasteiger partial charge in [-0.2, -0.15) is 0 Å². The summed E-state index contributed by atoms with van der Waals surface area (Å²) in [7, 11) is 1.41. The molecule has 0 radical (unpaired) electrons. The van der Waals surface area contributed by atoms with Crippen molar-refractivity contribution in [3.05, 3.63) is 0 Å². The van der Waals surface area contributed by atoms with Gasteiger partial charge in [0, 0.05) is 20.0 Å². The smallest absolute Gasteiger partial charge is 0.192 e. The number of unbranched alkanes of at least 4 members (excludes halogenated alkanes) is 2. The maximum absolute atomic E-state index is 12.1. The Hall–Kier alpha value is 0.290. The highest BCUT2D eigenvalue weighted by Gasteiger charge is 1.96. The van der Waals surface area contributed by atoms with Gasteiger partial charge in [0.05, 0.1) is 0 Å². The molecule has 0 aromatic carbocycles. The maximum Gasteiger partial charge on any atom is 0.192 e. The topological polar surface area (TPSA) is 20.3 Å². The molecule has 0 amide bonds. The van der Waals surface area contributed by atoms with E-state index in [2.05, 4.69) is 0 Å². The lowest BCUT2D eigenvalue weighted by Gasteiger charge is -2.02. The third-order valence-electron chi connectivity index (χ3n) is 1.34. The average Bonchev–Trinajstić information content (AvgIpc) is 1.85. The molecule has 0 aromatic rings. The molecule has 0 aliphatic carbocycles. The van der Waals surface area contributed by atoms with E-state index in [0.717, 1.165) is 19.3 Å². The van der Waals surface area contributed by atoms with E-state index >= 15 is 0 Å². The van der Waals surface area contributed by atoms with Gasteiger partial charge >= 0.3 is 0 Å². The number of halogens is 2. The van der Waals surface area contributed by atoms with Crippen molar-refractivity contribution in [1.82, 2.24) is 5.12 Å². The van der Waals surface area contributed by atoms with Crippen LogP contribution in [0.25, 0.3) is 0 Å². The summed E-state index contributed by atoms with van der Waals surface area (Å²) in [5.41, 5.74) is 0. The van der Waals surface area contributed by atoms with Crippen molar-refractivity contribution in [1.29, 1.82) is 0 Å². The van der Waals surface area contributed by atoms with Gasteiger partial charge in [0.1, 0.15) is 0 Å². The van der Waals surface area contributed by atoms with Crippen molar-refractivity contribution >= 4 is 26.4 Å². The number of nitrogens with zero attached hydrogens (tertiary/aromatic N) is 1. The van der Waals surface area contributed by atoms with Crippen LogP contribution < -0.4 is 0 Å². The monoisotopic (exact) mass is 273 g/mol. The van der Waals surface area contributed by atoms with Gasteiger partial charge < -0.3 is 0 Å². The highest BCUT2D eigenvalue weighted by Crippen LogP contribution is 2.04. The van der Waals surface area contributed by atoms with Gasteiger partial charge in [-0.3, -0.25) is 4.79 Å². The summed E-state index contributed by atoms with van der Waals surface area (Å²) < 4.78 is 12.2. The second-order valence-electron chi connectivity index (χ2n) is 2.49. The highest BCUT2D eigenvalue weighted by atomic mass is 127. The van der Waals surface area contributed by atoms with Crippen molar-refractivity contribution in [2.75, 3.05) is 13.6 Å². The van der Waals surface area contributed by atoms with Gasteiger partial charge in [0.15, 0.2) is 3.79 Å². The van der Waals surface area contributed by atoms with Gasteiger partial charge in [0.25, 0.3) is 0 Å². The van der Waals surface area contributed by atoms with Crippen molar-refractivity contribution in [3.8, 4) is 0 Å². The third kappa shape index (κ3) is 10.3. The van der Waals surface area contributed by atoms with Gasteiger partial charge in [-0.05, 0) is 35.4 Å². The van der Waals surface area contributed by atoms with E-state index in [0.29, 0.717) is 18.1 Å². The fourth-order valence-electron chi connectivity index (χ4n) is 0.770. The molecular formula is C7H13FINO. The summed E-state index contributed by atoms with van der Waals surface area (Å²) in [6.07, 6.45) is 3.27. The molecular weight excluding hydrogens is 260 g/mol. The molecule has 0 aromatic heterocycles. The standard InChI is InChI=1S/C7H13FINO/c1-10(8)6-4-2-3-5-7(9)11/h2-6H2,1H3. The average molecular weight is 273 g/mol. The Morgan fingerprint density at radius 1 is 1.45 bits per heavy atom. The van der Waals surface area contributed by atoms with Crippen LogP contribution in [0.3, 0.4) is 0 Å². The van der Waals surface area contributed by atoms with Gasteiger partial charge in [-0.25, -0.2) is 0 Å². The van der Waals surface area contributed by atoms with Crippen molar-refractivity contribution in [3.63, 3.8) is 0 Å². The molecule has 2 nitrogen and oxygen atoms in total. The maximum atomic E-state index is 12.1. The molecule has 0 N–H and O–H groups in total. The minimum absolute atomic E-state index is 0.191. The Balaban J connectivity index is 2.97. The van der Waals surface area contributed by atoms with E-state index < -0.39 is 0 Å². The van der Waals surface area contributed by atoms with Crippen LogP contribution in [-0.2, 0) is 4.79 Å². The van der Waals surface area contributed by atoms with Crippen LogP contribution in [0, 0.1) is 0 Å². The summed E-state index contributed by atoms with van der Waals surface area (Å²) in [6, 6.07) is 0. The van der Waals surface area contributed by atoms with Gasteiger partial charge in [-0.15, -0.1) is 9.60 Å². The van der Waals surface area contributed by atoms with Crippen molar-refractivity contribution < 1.29 is 9.28 Å². The van der Waals surface area contributed by atoms with Gasteiger partial charge in [0.2, 0.25) is 0 Å². The number of carbonyl (C=O) groups excluding carboxylic acids is 1. The molecule has 0 bridgehead atoms. The van der Waals surface area contributed by atoms with E-state index in [1.807, 2.05) is 0 Å². The molecule has 0 spiro atoms. The molecule has 0 unspecified atom stereocenters. The van der Waals surface area contributed by atoms with Gasteiger partial charge in [-0.1, -0.05) is 6.42 Å². The zero-order valence-corrected chi connectivity index (χ0v) is 8.80. The first-order valence-electron chi connectivity index (χ1n) is 3.68. The largest absolute Gasteiger partial charge is 0.288 e. The first kappa shape index (κ1) is 11.3. The van der Waals surface area contributed by atoms with E-state index in [1.165, 1.54) is 7.05 Å². The molecule has 4 heteroatoms. The molecule has 11 heavy (non-hydrogen) atoms. The Morgan fingerprint density at radius 3 is 2.55 bits per heavy atom. The van der Waals surface area contributed by atoms with Crippen molar-refractivity contribution in [2.24, 2.45) is 0 Å². The van der Waals surface area contributed by atoms with E-state index in [1.54, 1.807) is 22.6 Å². The number of carbonyl (C=O) groups is 1. The number of hydrogen-bond donors (Lipinski definition) is 0. The molecule has 0 aliphatic rings. The molecule has 66 valence electrons. The summed E-state index contributed by atoms with van der Waals surface area (Å²) in [6.45, 7) is 0.468. The van der Waals surface area contributed by atoms with Crippen LogP contribution in [-0.4, -0.2) is 22.5 Å². The lowest BCUT2D eigenvalue weighted by Crippen LogP contribution is -2.07. The molecule has 0 saturated heterocycles. The van der Waals surface area contributed by atoms with Crippen LogP contribution in [0.4, 0.5) is 4.48 Å². The first-order chi connectivity index (χ1) is 5.13. The number of rotatable bonds is 6. The minimum atomic E-state index is 0.191. The van der Waals surface area contributed by atoms with E-state index in [-0.39, 0.29) is 3.79 Å². The van der Waals surface area contributed by atoms with Crippen LogP contribution in [0.2, 0.25) is 0 Å². The molecule has 0 aliphatic heterocycles. The van der Waals surface area contributed by atoms with E-state index in [9.17, 15) is 9.28 Å². The lowest BCUT2D eigenvalue weighted by atomic mass is 10.2. The minimum Gasteiger partial charge on any atom is -0.288 e. The summed E-state index contributed by atoms with van der Waals surface area (Å²) in [5.74, 6) is 0. The fraction of sp³-hybridized carbons (Fsp3) is 0.857. The Bertz CT molecular complexity index is 119. The predicted octanol–water partition coefficient (Wildman–Crippen LogP) is 2.32. The second kappa shape index (κ2) is 6.97. The predicted molar refractivity (Wildman–Crippen MR) is 51.2 cm³/mol. The molecule has 0 fully saturated rings. The Morgan fingerprint density at radius 2 is 2.09 bits per heavy atom. The zero-order chi connectivity index (χ0) is 8.69. The summed E-state index contributed by atoms with van der Waals surface area (Å²) >= 11 is 1.78. The lowest BCUT2D eigenvalue weighted by molar-refractivity contribution is -0.109. The molecule has 0 saturated carbocycles. The highest BCUT2D eigenvalue weighted by molar-refractivity contribution is 14.1. The number of hydrogen-bond acceptors (Lipinski definition) is 2. The molecule has 0 atom stereocenters. The molecule has 0 rings (SSSR count). The Labute approximate surface area is 80.2 Å². The van der Waals surface area contributed by atoms with Crippen LogP contribution >= 0.6 is 22.6 Å². The molecule has 0 heterocycles. The zero-order valence-electron chi connectivity index (χ0n) is 6.65. The van der Waals surface area contributed by atoms with E-state index in [4.69, 9.17) is 0 Å². The van der Waals surface area contributed by atoms with Crippen LogP contribution in [0.1, 0.15) is 25.7 Å². The normalized spacial score (nSPS) is 10.5. The fourth-order valence-corrected chi connectivity index (χ4v) is 1.15. The van der Waals surface area contributed by atoms with Crippen LogP contribution in [0.5, 0.6) is 0 Å². The second-order valence-corrected chi connectivity index (χ2v) is 3.70. The summed E-state index contributed by atoms with van der Waals surface area (Å²) in [4.78, 5) is 10.4. The quantitative estimate of drug-likeness (QED) is 0.320. The first-order valence-corrected chi connectivity index (χ1v) is 4.76. The third-order valence-corrected chi connectivity index (χ3v) is 1.88. The van der Waals surface area contributed by atoms with Crippen molar-refractivity contribution in [2.45, 2.75) is 25.7 Å². The summed E-state index contributed by atoms with van der Waals surface area (Å²) in [5, 5.41) is 0.672. The SMILES string of the molecule is CN(F)CCCCCC(=O)I. The Kier molecular flexibility index (Phi) is 7.15.